The van der Waals surface area contributed by atoms with Crippen LogP contribution in [0.2, 0.25) is 0 Å². The van der Waals surface area contributed by atoms with Crippen LogP contribution in [-0.2, 0) is 18.8 Å². The Kier molecular flexibility index (Phi) is 9.74. The molecule has 0 heterocycles. The SMILES string of the molecule is O=[N+]([O-])OCC(CSS(=O)(=O)O)O[N+](=O)[O-].[Na]. The standard InChI is InChI=1S/C3H6N2O9S2.Na/c6-4(7)13-1-3(14-5(8)9)2-15-16(10,11)12;/h3H,1-2H2,(H,10,11,12);. The van der Waals surface area contributed by atoms with E-state index in [1.165, 1.54) is 0 Å². The van der Waals surface area contributed by atoms with E-state index in [0.29, 0.717) is 0 Å². The molecule has 1 unspecified atom stereocenters. The maximum atomic E-state index is 10.3. The topological polar surface area (TPSA) is 159 Å². The van der Waals surface area contributed by atoms with Crippen molar-refractivity contribution in [3.05, 3.63) is 20.2 Å². The molecule has 1 atom stereocenters. The van der Waals surface area contributed by atoms with Crippen molar-refractivity contribution in [3.8, 4) is 0 Å². The van der Waals surface area contributed by atoms with Crippen LogP contribution in [0, 0.1) is 20.2 Å². The van der Waals surface area contributed by atoms with E-state index >= 15 is 0 Å². The second kappa shape index (κ2) is 8.71. The molecule has 14 heteroatoms. The number of hydrogen-bond acceptors (Lipinski definition) is 9. The fourth-order valence-corrected chi connectivity index (χ4v) is 1.99. The maximum Gasteiger partial charge on any atom is 0.319 e. The van der Waals surface area contributed by atoms with Crippen LogP contribution in [0.5, 0.6) is 0 Å². The van der Waals surface area contributed by atoms with Gasteiger partial charge in [-0.1, -0.05) is 0 Å². The number of nitrogens with zero attached hydrogens (tertiary/aromatic N) is 2. The van der Waals surface area contributed by atoms with Crippen LogP contribution < -0.4 is 0 Å². The van der Waals surface area contributed by atoms with Gasteiger partial charge in [0.1, 0.15) is 12.7 Å². The van der Waals surface area contributed by atoms with Gasteiger partial charge >= 0.3 is 9.15 Å². The third-order valence-electron chi connectivity index (χ3n) is 1.00. The molecule has 0 rings (SSSR count). The van der Waals surface area contributed by atoms with Gasteiger partial charge in [0.15, 0.2) is 0 Å². The van der Waals surface area contributed by atoms with Gasteiger partial charge in [-0.25, -0.2) is 0 Å². The summed E-state index contributed by atoms with van der Waals surface area (Å²) >= 11 is 0. The van der Waals surface area contributed by atoms with Gasteiger partial charge in [-0.2, -0.15) is 8.42 Å². The van der Waals surface area contributed by atoms with Crippen LogP contribution >= 0.6 is 10.8 Å². The Balaban J connectivity index is 0. The third kappa shape index (κ3) is 13.6. The quantitative estimate of drug-likeness (QED) is 0.192. The van der Waals surface area contributed by atoms with Crippen LogP contribution in [0.4, 0.5) is 0 Å². The minimum atomic E-state index is -4.40. The van der Waals surface area contributed by atoms with Crippen LogP contribution in [-0.4, -0.2) is 71.2 Å². The van der Waals surface area contributed by atoms with Crippen molar-refractivity contribution in [2.45, 2.75) is 6.10 Å². The molecule has 95 valence electrons. The fourth-order valence-electron chi connectivity index (χ4n) is 0.537. The molecule has 0 fully saturated rings. The van der Waals surface area contributed by atoms with E-state index in [0.717, 1.165) is 0 Å². The molecule has 1 N–H and O–H groups in total. The van der Waals surface area contributed by atoms with Crippen molar-refractivity contribution in [1.29, 1.82) is 0 Å². The number of hydrogen-bond donors (Lipinski definition) is 1. The van der Waals surface area contributed by atoms with Gasteiger partial charge in [-0.05, 0) is 10.8 Å². The Labute approximate surface area is 120 Å². The molecular weight excluding hydrogens is 295 g/mol. The molecule has 0 bridgehead atoms. The molecular formula is C3H6N2NaO9S2. The molecule has 0 aliphatic rings. The minimum Gasteiger partial charge on any atom is -0.312 e. The Hall–Kier alpha value is -0.340. The molecule has 0 aromatic rings. The van der Waals surface area contributed by atoms with E-state index < -0.39 is 37.8 Å². The summed E-state index contributed by atoms with van der Waals surface area (Å²) in [4.78, 5) is 27.4. The Morgan fingerprint density at radius 3 is 2.18 bits per heavy atom. The van der Waals surface area contributed by atoms with E-state index in [1.807, 2.05) is 0 Å². The van der Waals surface area contributed by atoms with Gasteiger partial charge in [0.2, 0.25) is 0 Å². The summed E-state index contributed by atoms with van der Waals surface area (Å²) in [5, 5.41) is 17.2. The zero-order chi connectivity index (χ0) is 12.8. The van der Waals surface area contributed by atoms with Gasteiger partial charge in [0.25, 0.3) is 10.2 Å². The van der Waals surface area contributed by atoms with Crippen molar-refractivity contribution in [3.63, 3.8) is 0 Å². The van der Waals surface area contributed by atoms with Crippen LogP contribution in [0.25, 0.3) is 0 Å². The molecule has 11 nitrogen and oxygen atoms in total. The van der Waals surface area contributed by atoms with Crippen molar-refractivity contribution in [2.75, 3.05) is 12.4 Å². The fraction of sp³-hybridized carbons (Fsp3) is 1.00. The smallest absolute Gasteiger partial charge is 0.312 e. The third-order valence-corrected chi connectivity index (χ3v) is 3.11. The number of rotatable bonds is 8. The monoisotopic (exact) mass is 301 g/mol. The zero-order valence-corrected chi connectivity index (χ0v) is 12.0. The average molecular weight is 301 g/mol. The van der Waals surface area contributed by atoms with Crippen molar-refractivity contribution >= 4 is 49.5 Å². The second-order valence-electron chi connectivity index (χ2n) is 2.18. The first-order chi connectivity index (χ1) is 7.20. The first-order valence-corrected chi connectivity index (χ1v) is 6.35. The normalized spacial score (nSPS) is 12.1. The van der Waals surface area contributed by atoms with E-state index in [-0.39, 0.29) is 40.4 Å². The molecule has 0 saturated carbocycles. The van der Waals surface area contributed by atoms with E-state index in [4.69, 9.17) is 4.55 Å². The molecule has 0 aromatic carbocycles. The summed E-state index contributed by atoms with van der Waals surface area (Å²) in [6.07, 6.45) is -1.48. The summed E-state index contributed by atoms with van der Waals surface area (Å²) in [6.45, 7) is -0.823. The van der Waals surface area contributed by atoms with E-state index in [9.17, 15) is 28.6 Å². The van der Waals surface area contributed by atoms with E-state index in [1.54, 1.807) is 0 Å². The van der Waals surface area contributed by atoms with Crippen molar-refractivity contribution < 1.29 is 32.8 Å². The van der Waals surface area contributed by atoms with Crippen LogP contribution in [0.15, 0.2) is 0 Å². The summed E-state index contributed by atoms with van der Waals surface area (Å²) in [7, 11) is -4.47. The first kappa shape index (κ1) is 19.0. The van der Waals surface area contributed by atoms with Crippen LogP contribution in [0.3, 0.4) is 0 Å². The molecule has 0 aromatic heterocycles. The largest absolute Gasteiger partial charge is 0.319 e. The van der Waals surface area contributed by atoms with Crippen LogP contribution in [0.1, 0.15) is 0 Å². The molecule has 0 amide bonds. The van der Waals surface area contributed by atoms with Crippen molar-refractivity contribution in [1.82, 2.24) is 0 Å². The summed E-state index contributed by atoms with van der Waals surface area (Å²) < 4.78 is 28.9. The Morgan fingerprint density at radius 1 is 1.29 bits per heavy atom. The predicted molar refractivity (Wildman–Crippen MR) is 54.6 cm³/mol. The molecule has 17 heavy (non-hydrogen) atoms. The molecule has 1 radical (unpaired) electrons. The zero-order valence-electron chi connectivity index (χ0n) is 8.42. The van der Waals surface area contributed by atoms with Gasteiger partial charge in [-0.15, -0.1) is 20.2 Å². The van der Waals surface area contributed by atoms with Gasteiger partial charge in [-0.3, -0.25) is 4.55 Å². The summed E-state index contributed by atoms with van der Waals surface area (Å²) in [6, 6.07) is 0. The molecule has 0 saturated heterocycles. The minimum absolute atomic E-state index is 0. The average Bonchev–Trinajstić information content (AvgIpc) is 2.07. The Bertz CT molecular complexity index is 357. The van der Waals surface area contributed by atoms with Crippen molar-refractivity contribution in [2.24, 2.45) is 0 Å². The van der Waals surface area contributed by atoms with Gasteiger partial charge in [0.05, 0.1) is 0 Å². The molecule has 0 aliphatic carbocycles. The Morgan fingerprint density at radius 2 is 1.82 bits per heavy atom. The summed E-state index contributed by atoms with van der Waals surface area (Å²) in [5.74, 6) is -0.590. The molecule has 0 spiro atoms. The summed E-state index contributed by atoms with van der Waals surface area (Å²) in [5.41, 5.74) is 0. The molecule has 0 aliphatic heterocycles. The van der Waals surface area contributed by atoms with Gasteiger partial charge in [0, 0.05) is 35.3 Å². The van der Waals surface area contributed by atoms with Gasteiger partial charge < -0.3 is 9.68 Å². The predicted octanol–water partition coefficient (Wildman–Crippen LogP) is -1.07. The van der Waals surface area contributed by atoms with E-state index in [2.05, 4.69) is 9.68 Å². The maximum absolute atomic E-state index is 10.3. The second-order valence-corrected chi connectivity index (χ2v) is 5.58. The first-order valence-electron chi connectivity index (χ1n) is 3.41.